The Morgan fingerprint density at radius 1 is 1.82 bits per heavy atom. The average Bonchev–Trinajstić information content (AvgIpc) is 1.97. The maximum Gasteiger partial charge on any atom is 0.345 e. The van der Waals surface area contributed by atoms with Gasteiger partial charge in [0.25, 0.3) is 0 Å². The van der Waals surface area contributed by atoms with Crippen LogP contribution >= 0.6 is 0 Å². The van der Waals surface area contributed by atoms with Crippen molar-refractivity contribution in [3.63, 3.8) is 0 Å². The molecule has 0 aromatic carbocycles. The minimum absolute atomic E-state index is 0.676. The zero-order chi connectivity index (χ0) is 8.69. The van der Waals surface area contributed by atoms with Crippen molar-refractivity contribution >= 4 is 5.97 Å². The molecule has 0 aliphatic heterocycles. The van der Waals surface area contributed by atoms with Gasteiger partial charge in [-0.2, -0.15) is 0 Å². The fraction of sp³-hybridized carbons (Fsp3) is 0.500. The summed E-state index contributed by atoms with van der Waals surface area (Å²) in [5, 5.41) is 8.48. The summed E-state index contributed by atoms with van der Waals surface area (Å²) < 4.78 is 4.79. The molecule has 0 fully saturated rings. The molecule has 0 saturated heterocycles. The highest BCUT2D eigenvalue weighted by Crippen LogP contribution is 1.96. The number of ether oxygens (including phenoxy) is 1. The van der Waals surface area contributed by atoms with Gasteiger partial charge in [-0.1, -0.05) is 12.8 Å². The molecule has 0 aliphatic rings. The van der Waals surface area contributed by atoms with Gasteiger partial charge in [-0.15, -0.1) is 5.92 Å². The minimum atomic E-state index is -1.05. The largest absolute Gasteiger partial charge is 0.479 e. The molecule has 1 N–H and O–H groups in total. The Bertz CT molecular complexity index is 176. The summed E-state index contributed by atoms with van der Waals surface area (Å²) in [4.78, 5) is 10.3. The van der Waals surface area contributed by atoms with Crippen LogP contribution < -0.4 is 0 Å². The van der Waals surface area contributed by atoms with Gasteiger partial charge in [-0.25, -0.2) is 4.79 Å². The van der Waals surface area contributed by atoms with E-state index in [9.17, 15) is 4.79 Å². The fourth-order valence-corrected chi connectivity index (χ4v) is 0.478. The van der Waals surface area contributed by atoms with Crippen LogP contribution in [0.25, 0.3) is 0 Å². The summed E-state index contributed by atoms with van der Waals surface area (Å²) in [7, 11) is 0. The minimum Gasteiger partial charge on any atom is -0.479 e. The third-order valence-corrected chi connectivity index (χ3v) is 0.899. The Morgan fingerprint density at radius 3 is 2.82 bits per heavy atom. The normalized spacial score (nSPS) is 11.5. The first-order valence-electron chi connectivity index (χ1n) is 3.34. The molecule has 1 unspecified atom stereocenters. The second-order valence-electron chi connectivity index (χ2n) is 1.82. The van der Waals surface area contributed by atoms with E-state index >= 15 is 0 Å². The number of rotatable bonds is 4. The highest BCUT2D eigenvalue weighted by Gasteiger charge is 2.13. The molecule has 0 heterocycles. The lowest BCUT2D eigenvalue weighted by Crippen LogP contribution is -2.20. The fourth-order valence-electron chi connectivity index (χ4n) is 0.478. The number of hydrogen-bond donors (Lipinski definition) is 1. The predicted molar refractivity (Wildman–Crippen MR) is 40.5 cm³/mol. The van der Waals surface area contributed by atoms with Gasteiger partial charge in [0.1, 0.15) is 0 Å². The number of aliphatic carboxylic acids is 1. The Kier molecular flexibility index (Phi) is 5.22. The van der Waals surface area contributed by atoms with Crippen LogP contribution in [0, 0.1) is 18.4 Å². The average molecular weight is 155 g/mol. The summed E-state index contributed by atoms with van der Waals surface area (Å²) in [6.45, 7) is 4.87. The molecule has 0 saturated carbocycles. The molecule has 11 heavy (non-hydrogen) atoms. The van der Waals surface area contributed by atoms with Crippen molar-refractivity contribution in [3.05, 3.63) is 6.61 Å². The molecule has 3 heteroatoms. The van der Waals surface area contributed by atoms with Crippen molar-refractivity contribution in [1.29, 1.82) is 0 Å². The van der Waals surface area contributed by atoms with Crippen molar-refractivity contribution < 1.29 is 14.6 Å². The van der Waals surface area contributed by atoms with E-state index in [4.69, 9.17) is 9.84 Å². The molecular formula is C8H11O3. The van der Waals surface area contributed by atoms with Crippen LogP contribution in [0.3, 0.4) is 0 Å². The van der Waals surface area contributed by atoms with Gasteiger partial charge in [0.15, 0.2) is 0 Å². The second kappa shape index (κ2) is 5.75. The van der Waals surface area contributed by atoms with Crippen LogP contribution in [0.1, 0.15) is 20.3 Å². The van der Waals surface area contributed by atoms with Crippen molar-refractivity contribution in [2.24, 2.45) is 0 Å². The number of carboxylic acids is 1. The van der Waals surface area contributed by atoms with Crippen LogP contribution in [-0.2, 0) is 9.53 Å². The van der Waals surface area contributed by atoms with Crippen molar-refractivity contribution in [2.45, 2.75) is 26.4 Å². The molecule has 1 radical (unpaired) electrons. The zero-order valence-electron chi connectivity index (χ0n) is 6.63. The summed E-state index contributed by atoms with van der Waals surface area (Å²) >= 11 is 0. The Hall–Kier alpha value is -1.01. The molecule has 0 aliphatic carbocycles. The topological polar surface area (TPSA) is 46.5 Å². The lowest BCUT2D eigenvalue weighted by molar-refractivity contribution is -0.144. The molecule has 0 rings (SSSR count). The summed E-state index contributed by atoms with van der Waals surface area (Å²) in [6.07, 6.45) is -0.338. The van der Waals surface area contributed by atoms with E-state index in [-0.39, 0.29) is 0 Å². The summed E-state index contributed by atoms with van der Waals surface area (Å²) in [6, 6.07) is 0. The molecule has 3 nitrogen and oxygen atoms in total. The molecule has 61 valence electrons. The van der Waals surface area contributed by atoms with Crippen LogP contribution in [-0.4, -0.2) is 17.2 Å². The lowest BCUT2D eigenvalue weighted by Gasteiger charge is -2.04. The van der Waals surface area contributed by atoms with Gasteiger partial charge >= 0.3 is 5.97 Å². The molecular weight excluding hydrogens is 144 g/mol. The predicted octanol–water partition coefficient (Wildman–Crippen LogP) is 1.05. The summed E-state index contributed by atoms with van der Waals surface area (Å²) in [5.74, 6) is 3.84. The van der Waals surface area contributed by atoms with E-state index < -0.39 is 12.1 Å². The quantitative estimate of drug-likeness (QED) is 0.617. The van der Waals surface area contributed by atoms with Gasteiger partial charge in [-0.05, 0) is 13.3 Å². The van der Waals surface area contributed by atoms with Crippen LogP contribution in [0.5, 0.6) is 0 Å². The van der Waals surface area contributed by atoms with Crippen LogP contribution in [0.2, 0.25) is 0 Å². The third-order valence-electron chi connectivity index (χ3n) is 0.899. The SMILES string of the molecule is CC#CC(O[CH]CC)C(=O)O. The first-order valence-corrected chi connectivity index (χ1v) is 3.34. The lowest BCUT2D eigenvalue weighted by atomic mass is 10.3. The molecule has 0 bridgehead atoms. The molecule has 0 aromatic rings. The van der Waals surface area contributed by atoms with E-state index in [1.807, 2.05) is 6.92 Å². The molecule has 0 spiro atoms. The maximum absolute atomic E-state index is 10.3. The van der Waals surface area contributed by atoms with E-state index in [1.54, 1.807) is 6.92 Å². The second-order valence-corrected chi connectivity index (χ2v) is 1.82. The van der Waals surface area contributed by atoms with E-state index in [0.717, 1.165) is 0 Å². The molecule has 0 amide bonds. The Balaban J connectivity index is 3.86. The van der Waals surface area contributed by atoms with Gasteiger partial charge in [0, 0.05) is 0 Å². The number of hydrogen-bond acceptors (Lipinski definition) is 2. The summed E-state index contributed by atoms with van der Waals surface area (Å²) in [5.41, 5.74) is 0. The highest BCUT2D eigenvalue weighted by atomic mass is 16.5. The number of carboxylic acid groups (broad SMARTS) is 1. The molecule has 1 atom stereocenters. The van der Waals surface area contributed by atoms with Gasteiger partial charge in [0.05, 0.1) is 6.61 Å². The molecule has 0 aromatic heterocycles. The standard InChI is InChI=1S/C8H11O3/c1-3-5-7(8(9)10)11-6-4-2/h6-7H,4H2,1-2H3,(H,9,10). The first kappa shape index (κ1) is 9.99. The first-order chi connectivity index (χ1) is 5.22. The Labute approximate surface area is 66.4 Å². The van der Waals surface area contributed by atoms with E-state index in [2.05, 4.69) is 11.8 Å². The van der Waals surface area contributed by atoms with Crippen molar-refractivity contribution in [1.82, 2.24) is 0 Å². The smallest absolute Gasteiger partial charge is 0.345 e. The third kappa shape index (κ3) is 4.40. The van der Waals surface area contributed by atoms with Crippen molar-refractivity contribution in [3.8, 4) is 11.8 Å². The van der Waals surface area contributed by atoms with Crippen LogP contribution in [0.15, 0.2) is 0 Å². The highest BCUT2D eigenvalue weighted by molar-refractivity contribution is 5.76. The van der Waals surface area contributed by atoms with E-state index in [0.29, 0.717) is 6.42 Å². The van der Waals surface area contributed by atoms with Crippen molar-refractivity contribution in [2.75, 3.05) is 0 Å². The zero-order valence-corrected chi connectivity index (χ0v) is 6.63. The number of carbonyl (C=O) groups is 1. The monoisotopic (exact) mass is 155 g/mol. The Morgan fingerprint density at radius 2 is 2.45 bits per heavy atom. The van der Waals surface area contributed by atoms with E-state index in [1.165, 1.54) is 6.61 Å². The van der Waals surface area contributed by atoms with Gasteiger partial charge < -0.3 is 9.84 Å². The maximum atomic E-state index is 10.3. The van der Waals surface area contributed by atoms with Gasteiger partial charge in [0.2, 0.25) is 6.10 Å². The van der Waals surface area contributed by atoms with Gasteiger partial charge in [-0.3, -0.25) is 0 Å². The van der Waals surface area contributed by atoms with Crippen LogP contribution in [0.4, 0.5) is 0 Å².